The molecule has 0 aliphatic heterocycles. The second-order valence-corrected chi connectivity index (χ2v) is 9.68. The molecule has 0 saturated carbocycles. The van der Waals surface area contributed by atoms with E-state index < -0.39 is 8.32 Å². The van der Waals surface area contributed by atoms with Gasteiger partial charge in [-0.1, -0.05) is 38.7 Å². The van der Waals surface area contributed by atoms with Crippen molar-refractivity contribution in [1.82, 2.24) is 0 Å². The average Bonchev–Trinajstić information content (AvgIpc) is 2.02. The van der Waals surface area contributed by atoms with Crippen molar-refractivity contribution in [2.75, 3.05) is 6.61 Å². The molecule has 0 aromatic heterocycles. The highest BCUT2D eigenvalue weighted by Crippen LogP contribution is 2.36. The van der Waals surface area contributed by atoms with Gasteiger partial charge >= 0.3 is 0 Å². The molecule has 0 fully saturated rings. The molecule has 0 N–H and O–H groups in total. The van der Waals surface area contributed by atoms with Crippen LogP contribution in [0.25, 0.3) is 0 Å². The Kier molecular flexibility index (Phi) is 5.18. The van der Waals surface area contributed by atoms with Crippen LogP contribution in [0.5, 0.6) is 0 Å². The molecule has 0 atom stereocenters. The SMILES string of the molecule is C/C=C\C#CCO[Si](C)(C)C(C)(C)C. The van der Waals surface area contributed by atoms with Crippen molar-refractivity contribution in [3.8, 4) is 11.8 Å². The maximum Gasteiger partial charge on any atom is 0.193 e. The lowest BCUT2D eigenvalue weighted by molar-refractivity contribution is 0.334. The van der Waals surface area contributed by atoms with Gasteiger partial charge in [-0.2, -0.15) is 0 Å². The summed E-state index contributed by atoms with van der Waals surface area (Å²) in [6, 6.07) is 0. The first kappa shape index (κ1) is 13.5. The van der Waals surface area contributed by atoms with E-state index in [9.17, 15) is 0 Å². The molecule has 0 radical (unpaired) electrons. The molecule has 0 spiro atoms. The van der Waals surface area contributed by atoms with Crippen molar-refractivity contribution in [2.24, 2.45) is 0 Å². The Balaban J connectivity index is 4.09. The second kappa shape index (κ2) is 5.38. The van der Waals surface area contributed by atoms with Gasteiger partial charge in [0.2, 0.25) is 0 Å². The largest absolute Gasteiger partial charge is 0.406 e. The molecule has 0 bridgehead atoms. The van der Waals surface area contributed by atoms with Crippen LogP contribution in [-0.2, 0) is 4.43 Å². The lowest BCUT2D eigenvalue weighted by Crippen LogP contribution is -2.40. The first-order valence-electron chi connectivity index (χ1n) is 5.05. The van der Waals surface area contributed by atoms with Gasteiger partial charge < -0.3 is 4.43 Å². The Hall–Kier alpha value is -0.523. The van der Waals surface area contributed by atoms with E-state index >= 15 is 0 Å². The van der Waals surface area contributed by atoms with Crippen LogP contribution in [0.3, 0.4) is 0 Å². The Morgan fingerprint density at radius 3 is 2.29 bits per heavy atom. The first-order chi connectivity index (χ1) is 6.31. The Morgan fingerprint density at radius 1 is 1.29 bits per heavy atom. The van der Waals surface area contributed by atoms with E-state index in [-0.39, 0.29) is 5.04 Å². The van der Waals surface area contributed by atoms with Crippen molar-refractivity contribution >= 4 is 8.32 Å². The third-order valence-electron chi connectivity index (χ3n) is 2.66. The fourth-order valence-corrected chi connectivity index (χ4v) is 1.48. The topological polar surface area (TPSA) is 9.23 Å². The van der Waals surface area contributed by atoms with E-state index in [1.54, 1.807) is 0 Å². The Bertz CT molecular complexity index is 248. The molecule has 0 aliphatic carbocycles. The molecule has 0 aromatic carbocycles. The normalized spacial score (nSPS) is 12.7. The monoisotopic (exact) mass is 210 g/mol. The molecule has 0 heterocycles. The molecule has 14 heavy (non-hydrogen) atoms. The average molecular weight is 210 g/mol. The van der Waals surface area contributed by atoms with Gasteiger partial charge in [0.25, 0.3) is 0 Å². The molecular weight excluding hydrogens is 188 g/mol. The fraction of sp³-hybridized carbons (Fsp3) is 0.667. The van der Waals surface area contributed by atoms with E-state index in [1.807, 2.05) is 19.1 Å². The zero-order chi connectivity index (χ0) is 11.2. The van der Waals surface area contributed by atoms with Gasteiger partial charge in [0.1, 0.15) is 0 Å². The van der Waals surface area contributed by atoms with Gasteiger partial charge in [-0.25, -0.2) is 0 Å². The number of allylic oxidation sites excluding steroid dienone is 2. The Morgan fingerprint density at radius 2 is 1.86 bits per heavy atom. The highest BCUT2D eigenvalue weighted by Gasteiger charge is 2.36. The maximum atomic E-state index is 5.87. The van der Waals surface area contributed by atoms with Gasteiger partial charge in [0.15, 0.2) is 8.32 Å². The Labute approximate surface area is 89.7 Å². The van der Waals surface area contributed by atoms with Crippen molar-refractivity contribution < 1.29 is 4.43 Å². The minimum Gasteiger partial charge on any atom is -0.406 e. The van der Waals surface area contributed by atoms with Crippen LogP contribution in [0, 0.1) is 11.8 Å². The minimum absolute atomic E-state index is 0.273. The zero-order valence-electron chi connectivity index (χ0n) is 10.3. The number of hydrogen-bond donors (Lipinski definition) is 0. The molecule has 0 rings (SSSR count). The van der Waals surface area contributed by atoms with E-state index in [2.05, 4.69) is 45.7 Å². The standard InChI is InChI=1S/C12H22OSi/c1-7-8-9-10-11-13-14(5,6)12(2,3)4/h7-8H,11H2,1-6H3/b8-7-. The highest BCUT2D eigenvalue weighted by molar-refractivity contribution is 6.74. The predicted octanol–water partition coefficient (Wildman–Crippen LogP) is 3.59. The minimum atomic E-state index is -1.59. The van der Waals surface area contributed by atoms with Crippen LogP contribution in [0.15, 0.2) is 12.2 Å². The van der Waals surface area contributed by atoms with Crippen molar-refractivity contribution in [3.63, 3.8) is 0 Å². The quantitative estimate of drug-likeness (QED) is 0.500. The van der Waals surface area contributed by atoms with E-state index in [0.717, 1.165) is 0 Å². The van der Waals surface area contributed by atoms with Crippen molar-refractivity contribution in [1.29, 1.82) is 0 Å². The molecule has 80 valence electrons. The van der Waals surface area contributed by atoms with Crippen LogP contribution < -0.4 is 0 Å². The van der Waals surface area contributed by atoms with Crippen LogP contribution in [0.1, 0.15) is 27.7 Å². The number of hydrogen-bond acceptors (Lipinski definition) is 1. The second-order valence-electron chi connectivity index (χ2n) is 4.87. The summed E-state index contributed by atoms with van der Waals surface area (Å²) in [7, 11) is -1.59. The lowest BCUT2D eigenvalue weighted by atomic mass is 10.2. The smallest absolute Gasteiger partial charge is 0.193 e. The molecule has 0 aromatic rings. The third-order valence-corrected chi connectivity index (χ3v) is 7.14. The molecule has 2 heteroatoms. The van der Waals surface area contributed by atoms with Gasteiger partial charge in [-0.15, -0.1) is 0 Å². The molecule has 0 amide bonds. The molecule has 0 aliphatic rings. The van der Waals surface area contributed by atoms with E-state index in [1.165, 1.54) is 0 Å². The third kappa shape index (κ3) is 4.64. The summed E-state index contributed by atoms with van der Waals surface area (Å²) < 4.78 is 5.87. The summed E-state index contributed by atoms with van der Waals surface area (Å²) in [5.74, 6) is 5.92. The van der Waals surface area contributed by atoms with Gasteiger partial charge in [-0.3, -0.25) is 0 Å². The van der Waals surface area contributed by atoms with Gasteiger partial charge in [-0.05, 0) is 31.1 Å². The maximum absolute atomic E-state index is 5.87. The first-order valence-corrected chi connectivity index (χ1v) is 7.95. The molecule has 0 saturated heterocycles. The van der Waals surface area contributed by atoms with Crippen LogP contribution in [0.4, 0.5) is 0 Å². The summed E-state index contributed by atoms with van der Waals surface area (Å²) in [6.45, 7) is 13.7. The summed E-state index contributed by atoms with van der Waals surface area (Å²) in [5.41, 5.74) is 0. The zero-order valence-corrected chi connectivity index (χ0v) is 11.3. The van der Waals surface area contributed by atoms with Crippen molar-refractivity contribution in [2.45, 2.75) is 45.8 Å². The van der Waals surface area contributed by atoms with Crippen molar-refractivity contribution in [3.05, 3.63) is 12.2 Å². The van der Waals surface area contributed by atoms with Crippen LogP contribution >= 0.6 is 0 Å². The van der Waals surface area contributed by atoms with E-state index in [4.69, 9.17) is 4.43 Å². The fourth-order valence-electron chi connectivity index (χ4n) is 0.617. The molecule has 1 nitrogen and oxygen atoms in total. The summed E-state index contributed by atoms with van der Waals surface area (Å²) in [5, 5.41) is 0.273. The van der Waals surface area contributed by atoms with Crippen LogP contribution in [0.2, 0.25) is 18.1 Å². The lowest BCUT2D eigenvalue weighted by Gasteiger charge is -2.35. The number of rotatable bonds is 2. The van der Waals surface area contributed by atoms with E-state index in [0.29, 0.717) is 6.61 Å². The molecule has 0 unspecified atom stereocenters. The van der Waals surface area contributed by atoms with Crippen LogP contribution in [-0.4, -0.2) is 14.9 Å². The van der Waals surface area contributed by atoms with Gasteiger partial charge in [0.05, 0.1) is 6.61 Å². The summed E-state index contributed by atoms with van der Waals surface area (Å²) in [6.07, 6.45) is 3.77. The highest BCUT2D eigenvalue weighted by atomic mass is 28.4. The predicted molar refractivity (Wildman–Crippen MR) is 65.7 cm³/mol. The summed E-state index contributed by atoms with van der Waals surface area (Å²) >= 11 is 0. The van der Waals surface area contributed by atoms with Gasteiger partial charge in [0, 0.05) is 0 Å². The molecular formula is C12H22OSi. The summed E-state index contributed by atoms with van der Waals surface area (Å²) in [4.78, 5) is 0.